The van der Waals surface area contributed by atoms with Gasteiger partial charge in [-0.05, 0) is 77.5 Å². The third-order valence-corrected chi connectivity index (χ3v) is 9.43. The van der Waals surface area contributed by atoms with Crippen LogP contribution < -0.4 is 0 Å². The molecule has 0 bridgehead atoms. The standard InChI is InChI=1S/C43H25N3/c1-2-12-27(13-3-1)41-44-42(29-22-21-26-11-4-5-14-28(26)25-29)46-43(45-41)35-23-24-37-38-34(35)19-10-20-36(38)39-32-17-8-6-15-30(32)31-16-7-9-18-33(31)40(37)39/h1-25H. The van der Waals surface area contributed by atoms with Crippen LogP contribution in [0.3, 0.4) is 0 Å². The molecular weight excluding hydrogens is 558 g/mol. The second kappa shape index (κ2) is 9.65. The normalized spacial score (nSPS) is 11.9. The summed E-state index contributed by atoms with van der Waals surface area (Å²) in [5, 5.41) is 9.89. The predicted octanol–water partition coefficient (Wildman–Crippen LogP) is 11.1. The average molecular weight is 584 g/mol. The number of fused-ring (bicyclic) bond motifs is 9. The largest absolute Gasteiger partial charge is 0.208 e. The molecule has 0 N–H and O–H groups in total. The highest BCUT2D eigenvalue weighted by Gasteiger charge is 2.28. The maximum absolute atomic E-state index is 5.16. The van der Waals surface area contributed by atoms with Gasteiger partial charge in [-0.1, -0.05) is 140 Å². The fourth-order valence-corrected chi connectivity index (χ4v) is 7.39. The quantitative estimate of drug-likeness (QED) is 0.194. The summed E-state index contributed by atoms with van der Waals surface area (Å²) in [6.45, 7) is 0. The third-order valence-electron chi connectivity index (χ3n) is 9.43. The van der Waals surface area contributed by atoms with Crippen LogP contribution in [0.2, 0.25) is 0 Å². The van der Waals surface area contributed by atoms with Crippen LogP contribution in [0.1, 0.15) is 0 Å². The van der Waals surface area contributed by atoms with Gasteiger partial charge >= 0.3 is 0 Å². The van der Waals surface area contributed by atoms with E-state index in [0.29, 0.717) is 17.5 Å². The lowest BCUT2D eigenvalue weighted by Gasteiger charge is -2.13. The van der Waals surface area contributed by atoms with E-state index in [-0.39, 0.29) is 0 Å². The van der Waals surface area contributed by atoms with Crippen molar-refractivity contribution in [1.82, 2.24) is 15.0 Å². The number of aromatic nitrogens is 3. The Balaban J connectivity index is 1.25. The van der Waals surface area contributed by atoms with Crippen LogP contribution in [0.25, 0.3) is 99.5 Å². The van der Waals surface area contributed by atoms with Crippen molar-refractivity contribution in [2.24, 2.45) is 0 Å². The lowest BCUT2D eigenvalue weighted by Crippen LogP contribution is -2.00. The van der Waals surface area contributed by atoms with Gasteiger partial charge in [0.05, 0.1) is 0 Å². The van der Waals surface area contributed by atoms with Gasteiger partial charge in [0, 0.05) is 16.7 Å². The van der Waals surface area contributed by atoms with Crippen LogP contribution in [-0.2, 0) is 0 Å². The average Bonchev–Trinajstić information content (AvgIpc) is 3.48. The first-order valence-electron chi connectivity index (χ1n) is 15.6. The predicted molar refractivity (Wildman–Crippen MR) is 191 cm³/mol. The Morgan fingerprint density at radius 1 is 0.304 bits per heavy atom. The van der Waals surface area contributed by atoms with Crippen LogP contribution in [0, 0.1) is 0 Å². The van der Waals surface area contributed by atoms with Crippen LogP contribution in [-0.4, -0.2) is 15.0 Å². The molecule has 1 heterocycles. The van der Waals surface area contributed by atoms with Crippen molar-refractivity contribution in [2.75, 3.05) is 0 Å². The molecule has 1 aliphatic rings. The first-order chi connectivity index (χ1) is 22.8. The summed E-state index contributed by atoms with van der Waals surface area (Å²) in [6.07, 6.45) is 0. The van der Waals surface area contributed by atoms with Gasteiger partial charge < -0.3 is 0 Å². The number of benzene rings is 8. The maximum atomic E-state index is 5.16. The van der Waals surface area contributed by atoms with Gasteiger partial charge in [-0.2, -0.15) is 0 Å². The highest BCUT2D eigenvalue weighted by Crippen LogP contribution is 2.54. The monoisotopic (exact) mass is 583 g/mol. The molecular formula is C43H25N3. The molecule has 9 aromatic rings. The Hall–Kier alpha value is -6.19. The lowest BCUT2D eigenvalue weighted by molar-refractivity contribution is 1.08. The minimum Gasteiger partial charge on any atom is -0.208 e. The van der Waals surface area contributed by atoms with Gasteiger partial charge in [-0.25, -0.2) is 15.0 Å². The second-order valence-corrected chi connectivity index (χ2v) is 12.0. The molecule has 0 spiro atoms. The van der Waals surface area contributed by atoms with Crippen molar-refractivity contribution < 1.29 is 0 Å². The molecule has 3 nitrogen and oxygen atoms in total. The van der Waals surface area contributed by atoms with Crippen LogP contribution >= 0.6 is 0 Å². The van der Waals surface area contributed by atoms with E-state index in [1.54, 1.807) is 0 Å². The van der Waals surface area contributed by atoms with Crippen molar-refractivity contribution >= 4 is 43.1 Å². The van der Waals surface area contributed by atoms with Crippen LogP contribution in [0.4, 0.5) is 0 Å². The summed E-state index contributed by atoms with van der Waals surface area (Å²) in [4.78, 5) is 15.3. The zero-order chi connectivity index (χ0) is 30.2. The molecule has 46 heavy (non-hydrogen) atoms. The van der Waals surface area contributed by atoms with E-state index >= 15 is 0 Å². The zero-order valence-corrected chi connectivity index (χ0v) is 24.8. The van der Waals surface area contributed by atoms with Crippen molar-refractivity contribution in [3.8, 4) is 56.4 Å². The third kappa shape index (κ3) is 3.63. The molecule has 10 rings (SSSR count). The van der Waals surface area contributed by atoms with E-state index in [4.69, 9.17) is 15.0 Å². The van der Waals surface area contributed by atoms with E-state index in [9.17, 15) is 0 Å². The Morgan fingerprint density at radius 2 is 0.848 bits per heavy atom. The SMILES string of the molecule is c1ccc(-c2nc(-c3ccc4ccccc4c3)nc(-c3ccc4c5c(cccc35)-c3c-4c4ccccc4c4ccccc34)n2)cc1. The van der Waals surface area contributed by atoms with Gasteiger partial charge in [-0.3, -0.25) is 0 Å². The van der Waals surface area contributed by atoms with Gasteiger partial charge in [-0.15, -0.1) is 0 Å². The lowest BCUT2D eigenvalue weighted by atomic mass is 9.90. The molecule has 8 aromatic carbocycles. The molecule has 0 amide bonds. The number of rotatable bonds is 3. The smallest absolute Gasteiger partial charge is 0.164 e. The van der Waals surface area contributed by atoms with Crippen molar-refractivity contribution in [3.05, 3.63) is 152 Å². The van der Waals surface area contributed by atoms with Gasteiger partial charge in [0.1, 0.15) is 0 Å². The van der Waals surface area contributed by atoms with Crippen molar-refractivity contribution in [1.29, 1.82) is 0 Å². The fraction of sp³-hybridized carbons (Fsp3) is 0. The molecule has 3 heteroatoms. The highest BCUT2D eigenvalue weighted by molar-refractivity contribution is 6.31. The van der Waals surface area contributed by atoms with Gasteiger partial charge in [0.2, 0.25) is 0 Å². The van der Waals surface area contributed by atoms with Crippen LogP contribution in [0.15, 0.2) is 152 Å². The topological polar surface area (TPSA) is 38.7 Å². The van der Waals surface area contributed by atoms with E-state index in [2.05, 4.69) is 133 Å². The molecule has 0 saturated carbocycles. The summed E-state index contributed by atoms with van der Waals surface area (Å²) < 4.78 is 0. The van der Waals surface area contributed by atoms with E-state index < -0.39 is 0 Å². The molecule has 0 atom stereocenters. The second-order valence-electron chi connectivity index (χ2n) is 12.0. The molecule has 1 aliphatic carbocycles. The fourth-order valence-electron chi connectivity index (χ4n) is 7.39. The number of hydrogen-bond donors (Lipinski definition) is 0. The molecule has 0 aliphatic heterocycles. The first-order valence-corrected chi connectivity index (χ1v) is 15.6. The number of nitrogens with zero attached hydrogens (tertiary/aromatic N) is 3. The van der Waals surface area contributed by atoms with Crippen molar-refractivity contribution in [3.63, 3.8) is 0 Å². The van der Waals surface area contributed by atoms with Crippen molar-refractivity contribution in [2.45, 2.75) is 0 Å². The Morgan fingerprint density at radius 3 is 1.59 bits per heavy atom. The Labute approximate surface area is 265 Å². The van der Waals surface area contributed by atoms with Gasteiger partial charge in [0.15, 0.2) is 17.5 Å². The Bertz CT molecular complexity index is 2620. The minimum atomic E-state index is 0.664. The molecule has 0 saturated heterocycles. The summed E-state index contributed by atoms with van der Waals surface area (Å²) in [6, 6.07) is 53.7. The molecule has 0 radical (unpaired) electrons. The van der Waals surface area contributed by atoms with Crippen LogP contribution in [0.5, 0.6) is 0 Å². The molecule has 0 fully saturated rings. The zero-order valence-electron chi connectivity index (χ0n) is 24.8. The van der Waals surface area contributed by atoms with E-state index in [1.165, 1.54) is 54.6 Å². The Kier molecular flexibility index (Phi) is 5.28. The summed E-state index contributed by atoms with van der Waals surface area (Å²) in [7, 11) is 0. The molecule has 0 unspecified atom stereocenters. The number of hydrogen-bond acceptors (Lipinski definition) is 3. The summed E-state index contributed by atoms with van der Waals surface area (Å²) in [5.74, 6) is 2.00. The minimum absolute atomic E-state index is 0.664. The highest BCUT2D eigenvalue weighted by atomic mass is 15.0. The summed E-state index contributed by atoms with van der Waals surface area (Å²) >= 11 is 0. The maximum Gasteiger partial charge on any atom is 0.164 e. The summed E-state index contributed by atoms with van der Waals surface area (Å²) in [5.41, 5.74) is 8.08. The molecule has 1 aromatic heterocycles. The first kappa shape index (κ1) is 25.2. The van der Waals surface area contributed by atoms with E-state index in [0.717, 1.165) is 27.5 Å². The molecule has 212 valence electrons. The van der Waals surface area contributed by atoms with E-state index in [1.807, 2.05) is 18.2 Å². The van der Waals surface area contributed by atoms with Gasteiger partial charge in [0.25, 0.3) is 0 Å².